The Hall–Kier alpha value is -2.34. The van der Waals surface area contributed by atoms with Crippen molar-refractivity contribution in [2.24, 2.45) is 5.10 Å². The molecule has 0 unspecified atom stereocenters. The van der Waals surface area contributed by atoms with Crippen LogP contribution in [0.25, 0.3) is 0 Å². The Bertz CT molecular complexity index is 804. The number of hydrogen-bond donors (Lipinski definition) is 2. The lowest BCUT2D eigenvalue weighted by Crippen LogP contribution is -2.19. The van der Waals surface area contributed by atoms with Crippen molar-refractivity contribution < 1.29 is 13.5 Å². The molecule has 0 aliphatic rings. The topological polar surface area (TPSA) is 78.8 Å². The van der Waals surface area contributed by atoms with Gasteiger partial charge < -0.3 is 5.11 Å². The van der Waals surface area contributed by atoms with E-state index >= 15 is 0 Å². The van der Waals surface area contributed by atoms with Gasteiger partial charge in [-0.3, -0.25) is 0 Å². The number of benzene rings is 2. The van der Waals surface area contributed by atoms with E-state index in [1.54, 1.807) is 42.5 Å². The summed E-state index contributed by atoms with van der Waals surface area (Å²) >= 11 is 0. The third-order valence-electron chi connectivity index (χ3n) is 3.34. The number of phenolic OH excluding ortho intramolecular Hbond substituents is 1. The summed E-state index contributed by atoms with van der Waals surface area (Å²) in [5.41, 5.74) is 1.44. The van der Waals surface area contributed by atoms with E-state index in [1.807, 2.05) is 0 Å². The van der Waals surface area contributed by atoms with Crippen LogP contribution in [0.1, 0.15) is 31.9 Å². The second kappa shape index (κ2) is 6.42. The molecule has 0 saturated carbocycles. The fourth-order valence-corrected chi connectivity index (χ4v) is 2.74. The highest BCUT2D eigenvalue weighted by Gasteiger charge is 2.16. The number of hydrogen-bond acceptors (Lipinski definition) is 4. The van der Waals surface area contributed by atoms with E-state index in [1.165, 1.54) is 12.3 Å². The lowest BCUT2D eigenvalue weighted by atomic mass is 9.87. The third kappa shape index (κ3) is 4.32. The van der Waals surface area contributed by atoms with E-state index in [4.69, 9.17) is 0 Å². The van der Waals surface area contributed by atoms with Crippen LogP contribution in [0.15, 0.2) is 58.5 Å². The zero-order chi connectivity index (χ0) is 17.1. The first kappa shape index (κ1) is 17.0. The van der Waals surface area contributed by atoms with E-state index in [2.05, 4.69) is 30.7 Å². The van der Waals surface area contributed by atoms with Crippen molar-refractivity contribution in [3.8, 4) is 5.75 Å². The van der Waals surface area contributed by atoms with Crippen LogP contribution in [-0.2, 0) is 15.4 Å². The van der Waals surface area contributed by atoms with Crippen LogP contribution in [0.2, 0.25) is 0 Å². The van der Waals surface area contributed by atoms with Crippen molar-refractivity contribution in [2.75, 3.05) is 0 Å². The molecular formula is C17H20N2O3S. The minimum Gasteiger partial charge on any atom is -0.507 e. The van der Waals surface area contributed by atoms with Crippen molar-refractivity contribution in [1.82, 2.24) is 4.83 Å². The molecule has 0 aliphatic heterocycles. The molecule has 0 fully saturated rings. The summed E-state index contributed by atoms with van der Waals surface area (Å²) in [6.45, 7) is 6.18. The Morgan fingerprint density at radius 1 is 1.04 bits per heavy atom. The molecule has 0 radical (unpaired) electrons. The van der Waals surface area contributed by atoms with Crippen LogP contribution in [-0.4, -0.2) is 19.7 Å². The lowest BCUT2D eigenvalue weighted by molar-refractivity contribution is 0.474. The van der Waals surface area contributed by atoms with E-state index < -0.39 is 10.0 Å². The maximum absolute atomic E-state index is 12.2. The van der Waals surface area contributed by atoms with Crippen molar-refractivity contribution in [3.05, 3.63) is 59.7 Å². The van der Waals surface area contributed by atoms with E-state index in [9.17, 15) is 13.5 Å². The smallest absolute Gasteiger partial charge is 0.276 e. The summed E-state index contributed by atoms with van der Waals surface area (Å²) in [5.74, 6) is 0.0324. The quantitative estimate of drug-likeness (QED) is 0.667. The van der Waals surface area contributed by atoms with Crippen LogP contribution >= 0.6 is 0 Å². The van der Waals surface area contributed by atoms with Gasteiger partial charge in [-0.05, 0) is 35.2 Å². The Kier molecular flexibility index (Phi) is 4.75. The number of para-hydroxylation sites is 1. The molecule has 0 bridgehead atoms. The third-order valence-corrected chi connectivity index (χ3v) is 4.58. The van der Waals surface area contributed by atoms with Crippen molar-refractivity contribution in [1.29, 1.82) is 0 Å². The number of hydrazone groups is 1. The summed E-state index contributed by atoms with van der Waals surface area (Å²) < 4.78 is 24.4. The predicted molar refractivity (Wildman–Crippen MR) is 91.2 cm³/mol. The highest BCUT2D eigenvalue weighted by atomic mass is 32.2. The Balaban J connectivity index is 2.15. The summed E-state index contributed by atoms with van der Waals surface area (Å²) in [5, 5.41) is 13.3. The van der Waals surface area contributed by atoms with Gasteiger partial charge >= 0.3 is 0 Å². The van der Waals surface area contributed by atoms with E-state index in [-0.39, 0.29) is 16.1 Å². The van der Waals surface area contributed by atoms with Crippen molar-refractivity contribution in [2.45, 2.75) is 31.1 Å². The summed E-state index contributed by atoms with van der Waals surface area (Å²) in [6.07, 6.45) is 1.26. The van der Waals surface area contributed by atoms with Crippen LogP contribution in [0.5, 0.6) is 5.75 Å². The van der Waals surface area contributed by atoms with Gasteiger partial charge in [0, 0.05) is 5.56 Å². The highest BCUT2D eigenvalue weighted by Crippen LogP contribution is 2.23. The average molecular weight is 332 g/mol. The summed E-state index contributed by atoms with van der Waals surface area (Å²) in [4.78, 5) is 2.28. The molecule has 23 heavy (non-hydrogen) atoms. The van der Waals surface area contributed by atoms with Gasteiger partial charge in [0.15, 0.2) is 0 Å². The van der Waals surface area contributed by atoms with Gasteiger partial charge in [-0.15, -0.1) is 0 Å². The monoisotopic (exact) mass is 332 g/mol. The summed E-state index contributed by atoms with van der Waals surface area (Å²) in [7, 11) is -3.74. The first-order valence-electron chi connectivity index (χ1n) is 7.13. The predicted octanol–water partition coefficient (Wildman–Crippen LogP) is 3.00. The molecule has 0 heterocycles. The molecule has 5 nitrogen and oxygen atoms in total. The molecule has 6 heteroatoms. The van der Waals surface area contributed by atoms with Gasteiger partial charge in [-0.25, -0.2) is 4.83 Å². The standard InChI is InChI=1S/C17H20N2O3S/c1-17(2,3)14-8-10-15(11-9-14)23(21,22)19-18-12-13-6-4-5-7-16(13)20/h4-12,19-20H,1-3H3/b18-12+. The number of sulfonamides is 1. The van der Waals surface area contributed by atoms with Gasteiger partial charge in [0.05, 0.1) is 11.1 Å². The first-order chi connectivity index (χ1) is 10.7. The SMILES string of the molecule is CC(C)(C)c1ccc(S(=O)(=O)N/N=C/c2ccccc2O)cc1. The fourth-order valence-electron chi connectivity index (χ4n) is 1.95. The minimum atomic E-state index is -3.74. The minimum absolute atomic E-state index is 0.0324. The Labute approximate surface area is 136 Å². The highest BCUT2D eigenvalue weighted by molar-refractivity contribution is 7.89. The molecule has 0 aliphatic carbocycles. The Morgan fingerprint density at radius 3 is 2.22 bits per heavy atom. The molecule has 0 amide bonds. The number of aromatic hydroxyl groups is 1. The van der Waals surface area contributed by atoms with Crippen molar-refractivity contribution >= 4 is 16.2 Å². The maximum Gasteiger partial charge on any atom is 0.276 e. The molecule has 0 saturated heterocycles. The lowest BCUT2D eigenvalue weighted by Gasteiger charge is -2.19. The molecular weight excluding hydrogens is 312 g/mol. The number of nitrogens with zero attached hydrogens (tertiary/aromatic N) is 1. The van der Waals surface area contributed by atoms with E-state index in [0.717, 1.165) is 5.56 Å². The van der Waals surface area contributed by atoms with Gasteiger partial charge in [-0.1, -0.05) is 45.0 Å². The van der Waals surface area contributed by atoms with Crippen LogP contribution < -0.4 is 4.83 Å². The first-order valence-corrected chi connectivity index (χ1v) is 8.62. The van der Waals surface area contributed by atoms with Crippen LogP contribution in [0.4, 0.5) is 0 Å². The molecule has 122 valence electrons. The van der Waals surface area contributed by atoms with E-state index in [0.29, 0.717) is 5.56 Å². The normalized spacial score (nSPS) is 12.5. The van der Waals surface area contributed by atoms with Gasteiger partial charge in [0.1, 0.15) is 5.75 Å². The molecule has 2 rings (SSSR count). The fraction of sp³-hybridized carbons (Fsp3) is 0.235. The second-order valence-corrected chi connectivity index (χ2v) is 7.85. The average Bonchev–Trinajstić information content (AvgIpc) is 2.48. The zero-order valence-electron chi connectivity index (χ0n) is 13.3. The van der Waals surface area contributed by atoms with Crippen molar-refractivity contribution in [3.63, 3.8) is 0 Å². The van der Waals surface area contributed by atoms with Gasteiger partial charge in [0.25, 0.3) is 10.0 Å². The molecule has 2 aromatic rings. The molecule has 2 aromatic carbocycles. The summed E-state index contributed by atoms with van der Waals surface area (Å²) in [6, 6.07) is 13.2. The molecule has 0 spiro atoms. The molecule has 0 atom stereocenters. The Morgan fingerprint density at radius 2 is 1.65 bits per heavy atom. The molecule has 0 aromatic heterocycles. The number of rotatable bonds is 4. The molecule has 2 N–H and O–H groups in total. The number of nitrogens with one attached hydrogen (secondary N) is 1. The zero-order valence-corrected chi connectivity index (χ0v) is 14.1. The maximum atomic E-state index is 12.2. The van der Waals surface area contributed by atoms with Gasteiger partial charge in [-0.2, -0.15) is 13.5 Å². The van der Waals surface area contributed by atoms with Crippen LogP contribution in [0.3, 0.4) is 0 Å². The largest absolute Gasteiger partial charge is 0.507 e. The van der Waals surface area contributed by atoms with Crippen LogP contribution in [0, 0.1) is 0 Å². The van der Waals surface area contributed by atoms with Gasteiger partial charge in [0.2, 0.25) is 0 Å². The number of phenols is 1. The second-order valence-electron chi connectivity index (χ2n) is 6.19.